The highest BCUT2D eigenvalue weighted by Gasteiger charge is 2.16. The zero-order chi connectivity index (χ0) is 11.4. The summed E-state index contributed by atoms with van der Waals surface area (Å²) in [5, 5.41) is 0. The van der Waals surface area contributed by atoms with Gasteiger partial charge in [-0.15, -0.1) is 0 Å². The molecule has 15 heavy (non-hydrogen) atoms. The van der Waals surface area contributed by atoms with Crippen molar-refractivity contribution in [2.45, 2.75) is 0 Å². The van der Waals surface area contributed by atoms with Crippen LogP contribution in [0.3, 0.4) is 0 Å². The summed E-state index contributed by atoms with van der Waals surface area (Å²) in [6.45, 7) is -0.0336. The predicted octanol–water partition coefficient (Wildman–Crippen LogP) is 1.61. The number of hydrogen-bond acceptors (Lipinski definition) is 4. The van der Waals surface area contributed by atoms with Crippen molar-refractivity contribution in [2.75, 3.05) is 20.8 Å². The SMILES string of the molecule is COc1ccc(C(=O)CN)c(Br)c1OC. The van der Waals surface area contributed by atoms with Crippen LogP contribution in [0.4, 0.5) is 0 Å². The summed E-state index contributed by atoms with van der Waals surface area (Å²) in [5.74, 6) is 0.914. The average molecular weight is 274 g/mol. The fourth-order valence-electron chi connectivity index (χ4n) is 1.21. The molecular formula is C10H12BrNO3. The number of ketones is 1. The Morgan fingerprint density at radius 2 is 2.07 bits per heavy atom. The number of halogens is 1. The highest BCUT2D eigenvalue weighted by molar-refractivity contribution is 9.10. The molecule has 0 atom stereocenters. The first-order valence-electron chi connectivity index (χ1n) is 4.29. The van der Waals surface area contributed by atoms with Crippen molar-refractivity contribution < 1.29 is 14.3 Å². The Hall–Kier alpha value is -1.07. The predicted molar refractivity (Wildman–Crippen MR) is 60.6 cm³/mol. The average Bonchev–Trinajstić information content (AvgIpc) is 2.27. The summed E-state index contributed by atoms with van der Waals surface area (Å²) in [5.41, 5.74) is 5.79. The summed E-state index contributed by atoms with van der Waals surface area (Å²) in [7, 11) is 3.05. The quantitative estimate of drug-likeness (QED) is 0.847. The molecule has 0 saturated carbocycles. The second kappa shape index (κ2) is 5.14. The molecule has 5 heteroatoms. The topological polar surface area (TPSA) is 61.5 Å². The molecule has 82 valence electrons. The van der Waals surface area contributed by atoms with E-state index in [0.717, 1.165) is 0 Å². The summed E-state index contributed by atoms with van der Waals surface area (Å²) < 4.78 is 10.8. The first kappa shape index (κ1) is 12.0. The van der Waals surface area contributed by atoms with Gasteiger partial charge >= 0.3 is 0 Å². The zero-order valence-corrected chi connectivity index (χ0v) is 10.1. The van der Waals surface area contributed by atoms with E-state index in [1.165, 1.54) is 14.2 Å². The minimum Gasteiger partial charge on any atom is -0.493 e. The Labute approximate surface area is 96.5 Å². The minimum absolute atomic E-state index is 0.0336. The Morgan fingerprint density at radius 3 is 2.53 bits per heavy atom. The number of carbonyl (C=O) groups excluding carboxylic acids is 1. The second-order valence-corrected chi connectivity index (χ2v) is 3.58. The van der Waals surface area contributed by atoms with Gasteiger partial charge in [0.2, 0.25) is 0 Å². The van der Waals surface area contributed by atoms with Crippen LogP contribution in [0.1, 0.15) is 10.4 Å². The van der Waals surface area contributed by atoms with Crippen molar-refractivity contribution in [1.29, 1.82) is 0 Å². The molecule has 0 aliphatic rings. The lowest BCUT2D eigenvalue weighted by Crippen LogP contribution is -2.14. The molecule has 0 radical (unpaired) electrons. The smallest absolute Gasteiger partial charge is 0.177 e. The van der Waals surface area contributed by atoms with Crippen LogP contribution in [-0.4, -0.2) is 26.5 Å². The van der Waals surface area contributed by atoms with Gasteiger partial charge in [0.05, 0.1) is 25.2 Å². The van der Waals surface area contributed by atoms with E-state index in [1.807, 2.05) is 0 Å². The zero-order valence-electron chi connectivity index (χ0n) is 8.54. The van der Waals surface area contributed by atoms with Crippen LogP contribution in [-0.2, 0) is 0 Å². The molecular weight excluding hydrogens is 262 g/mol. The van der Waals surface area contributed by atoms with Crippen molar-refractivity contribution in [3.05, 3.63) is 22.2 Å². The Kier molecular flexibility index (Phi) is 4.11. The van der Waals surface area contributed by atoms with Crippen molar-refractivity contribution in [1.82, 2.24) is 0 Å². The lowest BCUT2D eigenvalue weighted by Gasteiger charge is -2.11. The van der Waals surface area contributed by atoms with Crippen LogP contribution in [0.15, 0.2) is 16.6 Å². The van der Waals surface area contributed by atoms with E-state index < -0.39 is 0 Å². The van der Waals surface area contributed by atoms with Gasteiger partial charge in [-0.05, 0) is 28.1 Å². The fraction of sp³-hybridized carbons (Fsp3) is 0.300. The van der Waals surface area contributed by atoms with Gasteiger partial charge < -0.3 is 15.2 Å². The third-order valence-corrected chi connectivity index (χ3v) is 2.76. The molecule has 0 amide bonds. The van der Waals surface area contributed by atoms with Gasteiger partial charge in [-0.25, -0.2) is 0 Å². The Morgan fingerprint density at radius 1 is 1.40 bits per heavy atom. The molecule has 0 fully saturated rings. The van der Waals surface area contributed by atoms with E-state index in [1.54, 1.807) is 12.1 Å². The van der Waals surface area contributed by atoms with Crippen LogP contribution in [0.2, 0.25) is 0 Å². The van der Waals surface area contributed by atoms with Gasteiger partial charge in [0.15, 0.2) is 17.3 Å². The van der Waals surface area contributed by atoms with Crippen molar-refractivity contribution >= 4 is 21.7 Å². The molecule has 0 saturated heterocycles. The van der Waals surface area contributed by atoms with Crippen molar-refractivity contribution in [2.24, 2.45) is 5.73 Å². The minimum atomic E-state index is -0.150. The highest BCUT2D eigenvalue weighted by atomic mass is 79.9. The molecule has 0 unspecified atom stereocenters. The van der Waals surface area contributed by atoms with Crippen LogP contribution in [0.5, 0.6) is 11.5 Å². The summed E-state index contributed by atoms with van der Waals surface area (Å²) >= 11 is 3.29. The van der Waals surface area contributed by atoms with Crippen molar-refractivity contribution in [3.8, 4) is 11.5 Å². The highest BCUT2D eigenvalue weighted by Crippen LogP contribution is 2.37. The summed E-state index contributed by atoms with van der Waals surface area (Å²) in [6, 6.07) is 3.33. The lowest BCUT2D eigenvalue weighted by molar-refractivity contribution is 0.1000. The van der Waals surface area contributed by atoms with Crippen LogP contribution >= 0.6 is 15.9 Å². The molecule has 0 aromatic heterocycles. The van der Waals surface area contributed by atoms with Crippen LogP contribution in [0.25, 0.3) is 0 Å². The van der Waals surface area contributed by atoms with Crippen LogP contribution in [0, 0.1) is 0 Å². The third kappa shape index (κ3) is 2.30. The first-order chi connectivity index (χ1) is 7.15. The van der Waals surface area contributed by atoms with E-state index in [4.69, 9.17) is 15.2 Å². The first-order valence-corrected chi connectivity index (χ1v) is 5.08. The van der Waals surface area contributed by atoms with Gasteiger partial charge in [-0.3, -0.25) is 4.79 Å². The molecule has 1 aromatic rings. The third-order valence-electron chi connectivity index (χ3n) is 1.97. The lowest BCUT2D eigenvalue weighted by atomic mass is 10.1. The molecule has 0 aliphatic carbocycles. The van der Waals surface area contributed by atoms with E-state index in [2.05, 4.69) is 15.9 Å². The van der Waals surface area contributed by atoms with Crippen molar-refractivity contribution in [3.63, 3.8) is 0 Å². The van der Waals surface area contributed by atoms with E-state index >= 15 is 0 Å². The summed E-state index contributed by atoms with van der Waals surface area (Å²) in [6.07, 6.45) is 0. The molecule has 4 nitrogen and oxygen atoms in total. The molecule has 0 heterocycles. The number of hydrogen-bond donors (Lipinski definition) is 1. The molecule has 2 N–H and O–H groups in total. The van der Waals surface area contributed by atoms with Gasteiger partial charge in [0.1, 0.15) is 0 Å². The summed E-state index contributed by atoms with van der Waals surface area (Å²) in [4.78, 5) is 11.5. The maximum atomic E-state index is 11.5. The number of rotatable bonds is 4. The van der Waals surface area contributed by atoms with Gasteiger partial charge in [0, 0.05) is 5.56 Å². The van der Waals surface area contributed by atoms with Crippen LogP contribution < -0.4 is 15.2 Å². The second-order valence-electron chi connectivity index (χ2n) is 2.79. The van der Waals surface area contributed by atoms with Gasteiger partial charge in [-0.1, -0.05) is 0 Å². The molecule has 0 bridgehead atoms. The Bertz CT molecular complexity index is 379. The fourth-order valence-corrected chi connectivity index (χ4v) is 1.93. The van der Waals surface area contributed by atoms with E-state index in [9.17, 15) is 4.79 Å². The molecule has 1 aromatic carbocycles. The van der Waals surface area contributed by atoms with Gasteiger partial charge in [0.25, 0.3) is 0 Å². The number of nitrogens with two attached hydrogens (primary N) is 1. The van der Waals surface area contributed by atoms with Gasteiger partial charge in [-0.2, -0.15) is 0 Å². The monoisotopic (exact) mass is 273 g/mol. The standard InChI is InChI=1S/C10H12BrNO3/c1-14-8-4-3-6(7(13)5-12)9(11)10(8)15-2/h3-4H,5,12H2,1-2H3. The molecule has 0 aliphatic heterocycles. The number of Topliss-reactive ketones (excluding diaryl/α,β-unsaturated/α-hetero) is 1. The Balaban J connectivity index is 3.29. The largest absolute Gasteiger partial charge is 0.493 e. The molecule has 1 rings (SSSR count). The van der Waals surface area contributed by atoms with E-state index in [0.29, 0.717) is 21.5 Å². The maximum absolute atomic E-state index is 11.5. The maximum Gasteiger partial charge on any atom is 0.177 e. The number of carbonyl (C=O) groups is 1. The van der Waals surface area contributed by atoms with E-state index in [-0.39, 0.29) is 12.3 Å². The number of benzene rings is 1. The number of ether oxygens (including phenoxy) is 2. The molecule has 0 spiro atoms. The normalized spacial score (nSPS) is 9.87. The number of methoxy groups -OCH3 is 2.